The molecule has 0 amide bonds. The van der Waals surface area contributed by atoms with Gasteiger partial charge in [-0.2, -0.15) is 0 Å². The molecule has 0 fully saturated rings. The van der Waals surface area contributed by atoms with Crippen molar-refractivity contribution in [1.82, 2.24) is 25.3 Å². The molecule has 0 saturated carbocycles. The lowest BCUT2D eigenvalue weighted by Gasteiger charge is -1.80. The van der Waals surface area contributed by atoms with E-state index < -0.39 is 0 Å². The van der Waals surface area contributed by atoms with Crippen LogP contribution < -0.4 is 0 Å². The largest absolute Gasteiger partial charge is 0.343 e. The lowest BCUT2D eigenvalue weighted by molar-refractivity contribution is 0.315. The highest BCUT2D eigenvalue weighted by Gasteiger charge is 1.93. The number of fused-ring (bicyclic) bond motifs is 2. The minimum absolute atomic E-state index is 0.775. The molecular weight excluding hydrogens is 230 g/mol. The highest BCUT2D eigenvalue weighted by molar-refractivity contribution is 5.72. The Labute approximate surface area is 102 Å². The normalized spacial score (nSPS) is 10.2. The number of rotatable bonds is 0. The average Bonchev–Trinajstić information content (AvgIpc) is 3.08. The molecule has 0 aliphatic carbocycles. The van der Waals surface area contributed by atoms with Crippen LogP contribution in [0.2, 0.25) is 0 Å². The Hall–Kier alpha value is -2.76. The van der Waals surface area contributed by atoms with Crippen LogP contribution in [0.1, 0.15) is 0 Å². The van der Waals surface area contributed by atoms with Gasteiger partial charge in [-0.1, -0.05) is 12.1 Å². The highest BCUT2D eigenvalue weighted by Crippen LogP contribution is 2.05. The number of imidazole rings is 1. The lowest BCUT2D eigenvalue weighted by atomic mass is 10.3. The molecule has 4 aromatic rings. The lowest BCUT2D eigenvalue weighted by Crippen LogP contribution is -1.71. The van der Waals surface area contributed by atoms with Crippen LogP contribution in [-0.4, -0.2) is 25.3 Å². The van der Waals surface area contributed by atoms with Gasteiger partial charge in [0.1, 0.15) is 11.0 Å². The zero-order valence-corrected chi connectivity index (χ0v) is 9.32. The molecule has 1 N–H and O–H groups in total. The van der Waals surface area contributed by atoms with Crippen LogP contribution in [0.5, 0.6) is 0 Å². The van der Waals surface area contributed by atoms with E-state index in [1.165, 1.54) is 0 Å². The standard InChI is InChI=1S/C6H5N3.C6H4N2O/c1-2-5-6(7-3-1)9-4-8-5;1-2-4-6-5(3-1)7-9-8-6/h1-4H,(H,7,8,9);1-4H. The molecule has 0 aliphatic heterocycles. The van der Waals surface area contributed by atoms with E-state index in [1.54, 1.807) is 12.5 Å². The predicted octanol–water partition coefficient (Wildman–Crippen LogP) is 2.18. The summed E-state index contributed by atoms with van der Waals surface area (Å²) in [5, 5.41) is 7.27. The fourth-order valence-corrected chi connectivity index (χ4v) is 1.50. The molecule has 4 rings (SSSR count). The van der Waals surface area contributed by atoms with Gasteiger partial charge in [0.25, 0.3) is 0 Å². The van der Waals surface area contributed by atoms with Crippen molar-refractivity contribution in [2.45, 2.75) is 0 Å². The topological polar surface area (TPSA) is 80.5 Å². The van der Waals surface area contributed by atoms with Crippen molar-refractivity contribution in [1.29, 1.82) is 0 Å². The molecule has 0 aliphatic rings. The van der Waals surface area contributed by atoms with Crippen LogP contribution >= 0.6 is 0 Å². The summed E-state index contributed by atoms with van der Waals surface area (Å²) < 4.78 is 4.46. The first kappa shape index (κ1) is 10.4. The fraction of sp³-hybridized carbons (Fsp3) is 0. The Kier molecular flexibility index (Phi) is 2.67. The minimum Gasteiger partial charge on any atom is -0.343 e. The molecule has 0 bridgehead atoms. The van der Waals surface area contributed by atoms with Crippen molar-refractivity contribution in [3.8, 4) is 0 Å². The van der Waals surface area contributed by atoms with E-state index in [4.69, 9.17) is 0 Å². The highest BCUT2D eigenvalue weighted by atomic mass is 16.6. The second-order valence-electron chi connectivity index (χ2n) is 3.53. The van der Waals surface area contributed by atoms with Crippen LogP contribution in [0, 0.1) is 0 Å². The van der Waals surface area contributed by atoms with Crippen molar-refractivity contribution in [3.63, 3.8) is 0 Å². The number of aromatic nitrogens is 5. The van der Waals surface area contributed by atoms with Crippen molar-refractivity contribution in [3.05, 3.63) is 48.9 Å². The zero-order chi connectivity index (χ0) is 12.2. The number of nitrogens with zero attached hydrogens (tertiary/aromatic N) is 4. The quantitative estimate of drug-likeness (QED) is 0.508. The number of pyridine rings is 1. The van der Waals surface area contributed by atoms with Gasteiger partial charge >= 0.3 is 0 Å². The van der Waals surface area contributed by atoms with Gasteiger partial charge < -0.3 is 4.98 Å². The second-order valence-corrected chi connectivity index (χ2v) is 3.53. The Balaban J connectivity index is 0.000000111. The summed E-state index contributed by atoms with van der Waals surface area (Å²) in [7, 11) is 0. The second kappa shape index (κ2) is 4.62. The number of hydrogen-bond donors (Lipinski definition) is 1. The number of benzene rings is 1. The van der Waals surface area contributed by atoms with Crippen molar-refractivity contribution in [2.24, 2.45) is 0 Å². The first-order valence-corrected chi connectivity index (χ1v) is 5.35. The van der Waals surface area contributed by atoms with Gasteiger partial charge in [0, 0.05) is 6.20 Å². The molecule has 3 heterocycles. The van der Waals surface area contributed by atoms with Crippen molar-refractivity contribution < 1.29 is 4.63 Å². The van der Waals surface area contributed by atoms with Crippen LogP contribution in [0.25, 0.3) is 22.2 Å². The van der Waals surface area contributed by atoms with E-state index in [0.29, 0.717) is 0 Å². The summed E-state index contributed by atoms with van der Waals surface area (Å²) in [5.74, 6) is 0. The molecule has 3 aromatic heterocycles. The summed E-state index contributed by atoms with van der Waals surface area (Å²) in [6.45, 7) is 0. The molecule has 1 aromatic carbocycles. The number of hydrogen-bond acceptors (Lipinski definition) is 5. The molecule has 0 radical (unpaired) electrons. The number of H-pyrrole nitrogens is 1. The van der Waals surface area contributed by atoms with Gasteiger partial charge in [-0.3, -0.25) is 0 Å². The molecule has 88 valence electrons. The maximum Gasteiger partial charge on any atom is 0.177 e. The molecular formula is C12H9N5O. The Bertz CT molecular complexity index is 634. The average molecular weight is 239 g/mol. The molecule has 0 saturated heterocycles. The van der Waals surface area contributed by atoms with Gasteiger partial charge in [0.05, 0.1) is 11.8 Å². The van der Waals surface area contributed by atoms with Crippen LogP contribution in [-0.2, 0) is 0 Å². The first-order valence-electron chi connectivity index (χ1n) is 5.35. The molecule has 6 nitrogen and oxygen atoms in total. The first-order chi connectivity index (χ1) is 8.93. The zero-order valence-electron chi connectivity index (χ0n) is 9.32. The van der Waals surface area contributed by atoms with E-state index >= 15 is 0 Å². The summed E-state index contributed by atoms with van der Waals surface area (Å²) >= 11 is 0. The van der Waals surface area contributed by atoms with E-state index in [1.807, 2.05) is 36.4 Å². The molecule has 0 atom stereocenters. The monoisotopic (exact) mass is 239 g/mol. The Morgan fingerprint density at radius 3 is 2.39 bits per heavy atom. The Morgan fingerprint density at radius 2 is 1.67 bits per heavy atom. The van der Waals surface area contributed by atoms with Gasteiger partial charge in [0.15, 0.2) is 5.65 Å². The third-order valence-corrected chi connectivity index (χ3v) is 2.35. The molecule has 0 unspecified atom stereocenters. The summed E-state index contributed by atoms with van der Waals surface area (Å²) in [6.07, 6.45) is 3.36. The van der Waals surface area contributed by atoms with Crippen LogP contribution in [0.3, 0.4) is 0 Å². The molecule has 0 spiro atoms. The van der Waals surface area contributed by atoms with E-state index in [-0.39, 0.29) is 0 Å². The van der Waals surface area contributed by atoms with E-state index in [2.05, 4.69) is 29.9 Å². The minimum atomic E-state index is 0.775. The van der Waals surface area contributed by atoms with Gasteiger partial charge in [-0.05, 0) is 34.6 Å². The van der Waals surface area contributed by atoms with E-state index in [9.17, 15) is 0 Å². The summed E-state index contributed by atoms with van der Waals surface area (Å²) in [6, 6.07) is 11.3. The van der Waals surface area contributed by atoms with Gasteiger partial charge in [-0.25, -0.2) is 14.6 Å². The molecule has 6 heteroatoms. The van der Waals surface area contributed by atoms with Gasteiger partial charge in [-0.15, -0.1) is 0 Å². The Morgan fingerprint density at radius 1 is 0.889 bits per heavy atom. The van der Waals surface area contributed by atoms with Crippen LogP contribution in [0.15, 0.2) is 53.6 Å². The van der Waals surface area contributed by atoms with E-state index in [0.717, 1.165) is 22.2 Å². The third kappa shape index (κ3) is 2.03. The van der Waals surface area contributed by atoms with Gasteiger partial charge in [0.2, 0.25) is 0 Å². The van der Waals surface area contributed by atoms with Crippen LogP contribution in [0.4, 0.5) is 0 Å². The number of aromatic amines is 1. The maximum absolute atomic E-state index is 4.46. The van der Waals surface area contributed by atoms with Crippen molar-refractivity contribution in [2.75, 3.05) is 0 Å². The summed E-state index contributed by atoms with van der Waals surface area (Å²) in [5.41, 5.74) is 3.37. The maximum atomic E-state index is 4.46. The third-order valence-electron chi connectivity index (χ3n) is 2.35. The van der Waals surface area contributed by atoms with Crippen molar-refractivity contribution >= 4 is 22.2 Å². The predicted molar refractivity (Wildman–Crippen MR) is 65.7 cm³/mol. The smallest absolute Gasteiger partial charge is 0.177 e. The fourth-order valence-electron chi connectivity index (χ4n) is 1.50. The number of nitrogens with one attached hydrogen (secondary N) is 1. The summed E-state index contributed by atoms with van der Waals surface area (Å²) in [4.78, 5) is 10.9. The SMILES string of the molecule is c1ccc2nonc2c1.c1cnc2nc[nH]c2c1. The molecule has 18 heavy (non-hydrogen) atoms.